The van der Waals surface area contributed by atoms with Gasteiger partial charge >= 0.3 is 0 Å². The monoisotopic (exact) mass is 272 g/mol. The van der Waals surface area contributed by atoms with Crippen molar-refractivity contribution in [1.29, 1.82) is 5.26 Å². The molecule has 0 aliphatic heterocycles. The van der Waals surface area contributed by atoms with Crippen molar-refractivity contribution >= 4 is 27.6 Å². The van der Waals surface area contributed by atoms with Gasteiger partial charge in [0, 0.05) is 16.4 Å². The van der Waals surface area contributed by atoms with E-state index in [1.165, 1.54) is 0 Å². The molecule has 3 heteroatoms. The minimum absolute atomic E-state index is 0.648. The lowest BCUT2D eigenvalue weighted by Crippen LogP contribution is -1.81. The molecule has 1 aromatic heterocycles. The molecule has 78 valence electrons. The van der Waals surface area contributed by atoms with Gasteiger partial charge in [-0.1, -0.05) is 28.1 Å². The Morgan fingerprint density at radius 1 is 1.25 bits per heavy atom. The van der Waals surface area contributed by atoms with Gasteiger partial charge < -0.3 is 4.98 Å². The lowest BCUT2D eigenvalue weighted by Gasteiger charge is -1.98. The summed E-state index contributed by atoms with van der Waals surface area (Å²) in [6.07, 6.45) is 3.67. The molecule has 0 radical (unpaired) electrons. The number of benzene rings is 1. The third-order valence-corrected chi connectivity index (χ3v) is 2.73. The van der Waals surface area contributed by atoms with Crippen molar-refractivity contribution in [3.63, 3.8) is 0 Å². The van der Waals surface area contributed by atoms with Crippen LogP contribution in [0, 0.1) is 11.3 Å². The Kier molecular flexibility index (Phi) is 3.23. The predicted octanol–water partition coefficient (Wildman–Crippen LogP) is 3.84. The summed E-state index contributed by atoms with van der Waals surface area (Å²) < 4.78 is 1.01. The molecule has 0 amide bonds. The summed E-state index contributed by atoms with van der Waals surface area (Å²) in [5.41, 5.74) is 2.50. The summed E-state index contributed by atoms with van der Waals surface area (Å²) in [5, 5.41) is 9.10. The molecule has 1 aromatic carbocycles. The Morgan fingerprint density at radius 3 is 2.56 bits per heavy atom. The first-order valence-electron chi connectivity index (χ1n) is 4.81. The fraction of sp³-hybridized carbons (Fsp3) is 0. The van der Waals surface area contributed by atoms with E-state index in [2.05, 4.69) is 27.0 Å². The lowest BCUT2D eigenvalue weighted by atomic mass is 10.1. The van der Waals surface area contributed by atoms with E-state index in [0.717, 1.165) is 15.7 Å². The van der Waals surface area contributed by atoms with Gasteiger partial charge in [0.05, 0.1) is 11.6 Å². The van der Waals surface area contributed by atoms with Crippen molar-refractivity contribution in [2.75, 3.05) is 0 Å². The molecule has 0 fully saturated rings. The number of hydrogen-bond acceptors (Lipinski definition) is 1. The highest BCUT2D eigenvalue weighted by molar-refractivity contribution is 9.10. The Bertz CT molecular complexity index is 530. The third kappa shape index (κ3) is 2.41. The van der Waals surface area contributed by atoms with Gasteiger partial charge in [0.25, 0.3) is 0 Å². The van der Waals surface area contributed by atoms with Crippen LogP contribution in [0.3, 0.4) is 0 Å². The van der Waals surface area contributed by atoms with Gasteiger partial charge in [0.1, 0.15) is 0 Å². The quantitative estimate of drug-likeness (QED) is 0.829. The number of nitriles is 1. The molecule has 2 rings (SSSR count). The van der Waals surface area contributed by atoms with E-state index >= 15 is 0 Å². The maximum atomic E-state index is 9.10. The highest BCUT2D eigenvalue weighted by Crippen LogP contribution is 2.19. The van der Waals surface area contributed by atoms with Gasteiger partial charge in [0.15, 0.2) is 0 Å². The van der Waals surface area contributed by atoms with Crippen molar-refractivity contribution < 1.29 is 0 Å². The molecule has 1 heterocycles. The van der Waals surface area contributed by atoms with E-state index in [0.29, 0.717) is 5.57 Å². The number of halogens is 1. The Balaban J connectivity index is 2.37. The topological polar surface area (TPSA) is 39.6 Å². The Labute approximate surface area is 102 Å². The molecule has 0 spiro atoms. The number of aromatic amines is 1. The predicted molar refractivity (Wildman–Crippen MR) is 68.4 cm³/mol. The number of aromatic nitrogens is 1. The lowest BCUT2D eigenvalue weighted by molar-refractivity contribution is 1.38. The van der Waals surface area contributed by atoms with E-state index in [-0.39, 0.29) is 0 Å². The average Bonchev–Trinajstić information content (AvgIpc) is 2.80. The number of nitrogens with one attached hydrogen (secondary N) is 1. The highest BCUT2D eigenvalue weighted by Gasteiger charge is 2.00. The SMILES string of the molecule is N#C/C(=C\c1ccc[nH]1)c1ccc(Br)cc1. The Hall–Kier alpha value is -1.79. The molecule has 2 nitrogen and oxygen atoms in total. The number of H-pyrrole nitrogens is 1. The summed E-state index contributed by atoms with van der Waals surface area (Å²) in [5.74, 6) is 0. The van der Waals surface area contributed by atoms with Crippen LogP contribution in [-0.2, 0) is 0 Å². The first kappa shape index (κ1) is 10.7. The van der Waals surface area contributed by atoms with Gasteiger partial charge in [-0.3, -0.25) is 0 Å². The number of rotatable bonds is 2. The molecule has 1 N–H and O–H groups in total. The van der Waals surface area contributed by atoms with Gasteiger partial charge in [-0.15, -0.1) is 0 Å². The van der Waals surface area contributed by atoms with Crippen molar-refractivity contribution in [2.24, 2.45) is 0 Å². The van der Waals surface area contributed by atoms with Crippen LogP contribution in [0.15, 0.2) is 47.1 Å². The third-order valence-electron chi connectivity index (χ3n) is 2.20. The van der Waals surface area contributed by atoms with E-state index in [4.69, 9.17) is 5.26 Å². The van der Waals surface area contributed by atoms with E-state index in [9.17, 15) is 0 Å². The van der Waals surface area contributed by atoms with Crippen LogP contribution in [0.4, 0.5) is 0 Å². The standard InChI is InChI=1S/C13H9BrN2/c14-12-5-3-10(4-6-12)11(9-15)8-13-2-1-7-16-13/h1-8,16H/b11-8+. The fourth-order valence-electron chi connectivity index (χ4n) is 1.40. The summed E-state index contributed by atoms with van der Waals surface area (Å²) in [6.45, 7) is 0. The molecule has 0 bridgehead atoms. The molecule has 16 heavy (non-hydrogen) atoms. The largest absolute Gasteiger partial charge is 0.362 e. The summed E-state index contributed by atoms with van der Waals surface area (Å²) in [4.78, 5) is 3.05. The molecular weight excluding hydrogens is 264 g/mol. The second-order valence-corrected chi connectivity index (χ2v) is 4.22. The zero-order valence-corrected chi connectivity index (χ0v) is 10.0. The summed E-state index contributed by atoms with van der Waals surface area (Å²) in [6, 6.07) is 13.7. The normalized spacial score (nSPS) is 11.1. The molecule has 2 aromatic rings. The minimum atomic E-state index is 0.648. The minimum Gasteiger partial charge on any atom is -0.362 e. The zero-order chi connectivity index (χ0) is 11.4. The zero-order valence-electron chi connectivity index (χ0n) is 8.44. The number of allylic oxidation sites excluding steroid dienone is 1. The van der Waals surface area contributed by atoms with E-state index in [1.54, 1.807) is 0 Å². The van der Waals surface area contributed by atoms with Crippen molar-refractivity contribution in [1.82, 2.24) is 4.98 Å². The maximum absolute atomic E-state index is 9.10. The van der Waals surface area contributed by atoms with Crippen LogP contribution >= 0.6 is 15.9 Å². The van der Waals surface area contributed by atoms with Crippen LogP contribution in [0.2, 0.25) is 0 Å². The van der Waals surface area contributed by atoms with Crippen LogP contribution < -0.4 is 0 Å². The van der Waals surface area contributed by atoms with Crippen LogP contribution in [0.25, 0.3) is 11.6 Å². The number of hydrogen-bond donors (Lipinski definition) is 1. The first-order valence-corrected chi connectivity index (χ1v) is 5.60. The number of nitrogens with zero attached hydrogens (tertiary/aromatic N) is 1. The smallest absolute Gasteiger partial charge is 0.0998 e. The second-order valence-electron chi connectivity index (χ2n) is 3.30. The molecule has 0 atom stereocenters. The van der Waals surface area contributed by atoms with Gasteiger partial charge in [0.2, 0.25) is 0 Å². The van der Waals surface area contributed by atoms with Gasteiger partial charge in [-0.2, -0.15) is 5.26 Å². The van der Waals surface area contributed by atoms with Crippen LogP contribution in [-0.4, -0.2) is 4.98 Å². The fourth-order valence-corrected chi connectivity index (χ4v) is 1.66. The molecule has 0 saturated heterocycles. The second kappa shape index (κ2) is 4.82. The van der Waals surface area contributed by atoms with Gasteiger partial charge in [-0.05, 0) is 35.9 Å². The summed E-state index contributed by atoms with van der Waals surface area (Å²) in [7, 11) is 0. The molecule has 0 aliphatic carbocycles. The van der Waals surface area contributed by atoms with Gasteiger partial charge in [-0.25, -0.2) is 0 Å². The molecule has 0 unspecified atom stereocenters. The van der Waals surface area contributed by atoms with E-state index in [1.807, 2.05) is 48.7 Å². The molecule has 0 aliphatic rings. The van der Waals surface area contributed by atoms with Crippen LogP contribution in [0.5, 0.6) is 0 Å². The van der Waals surface area contributed by atoms with Crippen molar-refractivity contribution in [3.8, 4) is 6.07 Å². The van der Waals surface area contributed by atoms with E-state index < -0.39 is 0 Å². The van der Waals surface area contributed by atoms with Crippen molar-refractivity contribution in [2.45, 2.75) is 0 Å². The highest BCUT2D eigenvalue weighted by atomic mass is 79.9. The molecule has 0 saturated carbocycles. The average molecular weight is 273 g/mol. The molecular formula is C13H9BrN2. The van der Waals surface area contributed by atoms with Crippen LogP contribution in [0.1, 0.15) is 11.3 Å². The summed E-state index contributed by atoms with van der Waals surface area (Å²) >= 11 is 3.37. The first-order chi connectivity index (χ1) is 7.79. The van der Waals surface area contributed by atoms with Crippen molar-refractivity contribution in [3.05, 3.63) is 58.3 Å². The maximum Gasteiger partial charge on any atom is 0.0998 e. The Morgan fingerprint density at radius 2 is 2.00 bits per heavy atom.